The van der Waals surface area contributed by atoms with E-state index in [1.807, 2.05) is 65.0 Å². The van der Waals surface area contributed by atoms with Crippen molar-refractivity contribution in [2.75, 3.05) is 13.2 Å². The predicted molar refractivity (Wildman–Crippen MR) is 141 cm³/mol. The largest absolute Gasteiger partial charge is 0.494 e. The highest BCUT2D eigenvalue weighted by Crippen LogP contribution is 2.37. The molecule has 0 aliphatic carbocycles. The summed E-state index contributed by atoms with van der Waals surface area (Å²) in [6, 6.07) is 11.0. The van der Waals surface area contributed by atoms with Crippen LogP contribution in [0.4, 0.5) is 4.39 Å². The van der Waals surface area contributed by atoms with Gasteiger partial charge in [-0.2, -0.15) is 0 Å². The Morgan fingerprint density at radius 3 is 1.94 bits per heavy atom. The summed E-state index contributed by atoms with van der Waals surface area (Å²) in [6.45, 7) is 10.4. The van der Waals surface area contributed by atoms with E-state index < -0.39 is 21.6 Å². The van der Waals surface area contributed by atoms with Crippen LogP contribution in [0.25, 0.3) is 32.0 Å². The molecule has 1 atom stereocenters. The summed E-state index contributed by atoms with van der Waals surface area (Å²) >= 11 is 2.52. The lowest BCUT2D eigenvalue weighted by Crippen LogP contribution is -2.32. The molecule has 180 valence electrons. The van der Waals surface area contributed by atoms with E-state index in [9.17, 15) is 4.21 Å². The molecule has 2 aromatic carbocycles. The van der Waals surface area contributed by atoms with E-state index in [1.165, 1.54) is 22.7 Å². The van der Waals surface area contributed by atoms with Gasteiger partial charge in [0.05, 0.1) is 38.4 Å². The van der Waals surface area contributed by atoms with Gasteiger partial charge in [-0.3, -0.25) is 4.72 Å². The zero-order chi connectivity index (χ0) is 24.5. The van der Waals surface area contributed by atoms with Crippen molar-refractivity contribution >= 4 is 65.6 Å². The molecule has 0 saturated heterocycles. The van der Waals surface area contributed by atoms with Gasteiger partial charge in [0, 0.05) is 0 Å². The number of halogens is 1. The van der Waals surface area contributed by atoms with Gasteiger partial charge in [-0.1, -0.05) is 0 Å². The summed E-state index contributed by atoms with van der Waals surface area (Å²) in [4.78, 5) is 9.08. The number of thiazole rings is 2. The van der Waals surface area contributed by atoms with Crippen molar-refractivity contribution in [1.29, 1.82) is 0 Å². The van der Waals surface area contributed by atoms with Crippen molar-refractivity contribution in [2.24, 2.45) is 0 Å². The highest BCUT2D eigenvalue weighted by Gasteiger charge is 2.26. The summed E-state index contributed by atoms with van der Waals surface area (Å²) in [7, 11) is -1.56. The van der Waals surface area contributed by atoms with E-state index in [-0.39, 0.29) is 10.7 Å². The average Bonchev–Trinajstić information content (AvgIpc) is 3.40. The van der Waals surface area contributed by atoms with Crippen LogP contribution in [0.2, 0.25) is 0 Å². The molecule has 2 heterocycles. The van der Waals surface area contributed by atoms with Crippen molar-refractivity contribution in [1.82, 2.24) is 14.7 Å². The third kappa shape index (κ3) is 5.24. The number of hydrogen-bond acceptors (Lipinski definition) is 7. The lowest BCUT2D eigenvalue weighted by Gasteiger charge is -2.19. The Morgan fingerprint density at radius 2 is 1.44 bits per heavy atom. The molecule has 1 unspecified atom stereocenters. The molecule has 0 fully saturated rings. The minimum Gasteiger partial charge on any atom is -0.494 e. The number of aromatic nitrogens is 2. The first-order chi connectivity index (χ1) is 16.2. The number of nitrogens with one attached hydrogen (secondary N) is 1. The Bertz CT molecular complexity index is 1390. The first-order valence-electron chi connectivity index (χ1n) is 10.9. The van der Waals surface area contributed by atoms with Gasteiger partial charge >= 0.3 is 0 Å². The average molecular weight is 520 g/mol. The molecule has 2 aromatic heterocycles. The standard InChI is InChI=1S/C24H26FN3O3S3/c1-6-30-14-8-10-16-18(12-14)32-22(26-16)20(25)21(28-34(29)24(3,4)5)23-27-17-11-9-15(31-7-2)13-19(17)33-23/h8-13,28H,6-7H2,1-5H3/b21-20+. The molecule has 0 saturated carbocycles. The minimum absolute atomic E-state index is 0.0662. The van der Waals surface area contributed by atoms with Gasteiger partial charge in [0.1, 0.15) is 33.2 Å². The van der Waals surface area contributed by atoms with Crippen LogP contribution >= 0.6 is 22.7 Å². The maximum Gasteiger partial charge on any atom is 0.186 e. The summed E-state index contributed by atoms with van der Waals surface area (Å²) < 4.78 is 44.0. The molecule has 34 heavy (non-hydrogen) atoms. The van der Waals surface area contributed by atoms with Crippen LogP contribution in [-0.2, 0) is 11.0 Å². The van der Waals surface area contributed by atoms with Crippen molar-refractivity contribution in [3.05, 3.63) is 46.4 Å². The van der Waals surface area contributed by atoms with E-state index >= 15 is 4.39 Å². The van der Waals surface area contributed by atoms with Gasteiger partial charge in [-0.05, 0) is 71.0 Å². The Labute approximate surface area is 208 Å². The third-order valence-electron chi connectivity index (χ3n) is 4.71. The fourth-order valence-corrected chi connectivity index (χ4v) is 5.73. The van der Waals surface area contributed by atoms with Gasteiger partial charge in [0.25, 0.3) is 0 Å². The molecule has 6 nitrogen and oxygen atoms in total. The van der Waals surface area contributed by atoms with Crippen molar-refractivity contribution in [2.45, 2.75) is 39.4 Å². The molecule has 0 aliphatic rings. The van der Waals surface area contributed by atoms with Gasteiger partial charge < -0.3 is 9.47 Å². The van der Waals surface area contributed by atoms with Gasteiger partial charge in [-0.15, -0.1) is 22.7 Å². The van der Waals surface area contributed by atoms with Crippen LogP contribution in [0.15, 0.2) is 36.4 Å². The van der Waals surface area contributed by atoms with E-state index in [0.29, 0.717) is 35.0 Å². The second-order valence-electron chi connectivity index (χ2n) is 8.34. The molecule has 0 spiro atoms. The molecule has 1 N–H and O–H groups in total. The maximum absolute atomic E-state index is 16.0. The predicted octanol–water partition coefficient (Wildman–Crippen LogP) is 6.55. The van der Waals surface area contributed by atoms with E-state index in [4.69, 9.17) is 9.47 Å². The normalized spacial score (nSPS) is 13.7. The van der Waals surface area contributed by atoms with Crippen LogP contribution in [-0.4, -0.2) is 32.1 Å². The van der Waals surface area contributed by atoms with Crippen LogP contribution in [0, 0.1) is 0 Å². The lowest BCUT2D eigenvalue weighted by atomic mass is 10.3. The molecule has 0 bridgehead atoms. The molecule has 4 aromatic rings. The van der Waals surface area contributed by atoms with Gasteiger partial charge in [0.15, 0.2) is 10.8 Å². The highest BCUT2D eigenvalue weighted by molar-refractivity contribution is 7.84. The van der Waals surface area contributed by atoms with Crippen LogP contribution in [0.3, 0.4) is 0 Å². The lowest BCUT2D eigenvalue weighted by molar-refractivity contribution is 0.340. The number of ether oxygens (including phenoxy) is 2. The molecule has 0 aliphatic heterocycles. The third-order valence-corrected chi connectivity index (χ3v) is 8.26. The van der Waals surface area contributed by atoms with Gasteiger partial charge in [-0.25, -0.2) is 18.6 Å². The highest BCUT2D eigenvalue weighted by atomic mass is 32.2. The number of rotatable bonds is 8. The van der Waals surface area contributed by atoms with Crippen molar-refractivity contribution in [3.8, 4) is 11.5 Å². The number of benzene rings is 2. The SMILES string of the molecule is CCOc1ccc2nc(/C(F)=C(\NS(=O)C(C)(C)C)c3nc4ccc(OCC)cc4s3)sc2c1. The number of hydrogen-bond donors (Lipinski definition) is 1. The van der Waals surface area contributed by atoms with Crippen LogP contribution in [0.5, 0.6) is 11.5 Å². The summed E-state index contributed by atoms with van der Waals surface area (Å²) in [5.41, 5.74) is 1.44. The van der Waals surface area contributed by atoms with E-state index in [1.54, 1.807) is 6.07 Å². The summed E-state index contributed by atoms with van der Waals surface area (Å²) in [5, 5.41) is 0.583. The first-order valence-corrected chi connectivity index (χ1v) is 13.6. The quantitative estimate of drug-likeness (QED) is 0.286. The molecule has 0 radical (unpaired) electrons. The minimum atomic E-state index is -1.56. The fourth-order valence-electron chi connectivity index (χ4n) is 3.06. The zero-order valence-corrected chi connectivity index (χ0v) is 22.0. The maximum atomic E-state index is 16.0. The Hall–Kier alpha value is -2.56. The molecule has 4 rings (SSSR count). The fraction of sp³-hybridized carbons (Fsp3) is 0.333. The van der Waals surface area contributed by atoms with Crippen molar-refractivity contribution < 1.29 is 18.1 Å². The van der Waals surface area contributed by atoms with E-state index in [0.717, 1.165) is 15.1 Å². The first kappa shape index (κ1) is 24.6. The molecular formula is C24H26FN3O3S3. The monoisotopic (exact) mass is 519 g/mol. The topological polar surface area (TPSA) is 73.3 Å². The summed E-state index contributed by atoms with van der Waals surface area (Å²) in [6.07, 6.45) is 0. The Balaban J connectivity index is 1.82. The number of nitrogens with zero attached hydrogens (tertiary/aromatic N) is 2. The second-order valence-corrected chi connectivity index (χ2v) is 12.4. The summed E-state index contributed by atoms with van der Waals surface area (Å²) in [5.74, 6) is 0.831. The second kappa shape index (κ2) is 9.97. The smallest absolute Gasteiger partial charge is 0.186 e. The van der Waals surface area contributed by atoms with Crippen LogP contribution in [0.1, 0.15) is 44.6 Å². The zero-order valence-electron chi connectivity index (χ0n) is 19.6. The Morgan fingerprint density at radius 1 is 0.941 bits per heavy atom. The van der Waals surface area contributed by atoms with E-state index in [2.05, 4.69) is 14.7 Å². The van der Waals surface area contributed by atoms with Crippen molar-refractivity contribution in [3.63, 3.8) is 0 Å². The van der Waals surface area contributed by atoms with Gasteiger partial charge in [0.2, 0.25) is 0 Å². The Kier molecular flexibility index (Phi) is 7.20. The van der Waals surface area contributed by atoms with Crippen LogP contribution < -0.4 is 14.2 Å². The molecular weight excluding hydrogens is 493 g/mol. The molecule has 10 heteroatoms. The molecule has 0 amide bonds. The number of fused-ring (bicyclic) bond motifs is 2.